The Morgan fingerprint density at radius 2 is 1.67 bits per heavy atom. The van der Waals surface area contributed by atoms with Crippen molar-refractivity contribution in [3.05, 3.63) is 60.2 Å². The Hall–Kier alpha value is -3.32. The molecule has 0 aromatic heterocycles. The normalized spacial score (nSPS) is 11.7. The lowest BCUT2D eigenvalue weighted by atomic mass is 9.96. The van der Waals surface area contributed by atoms with Crippen LogP contribution in [0.15, 0.2) is 54.6 Å². The van der Waals surface area contributed by atoms with E-state index in [-0.39, 0.29) is 5.91 Å². The van der Waals surface area contributed by atoms with E-state index in [1.807, 2.05) is 48.5 Å². The summed E-state index contributed by atoms with van der Waals surface area (Å²) in [5.74, 6) is 1.79. The van der Waals surface area contributed by atoms with E-state index in [0.717, 1.165) is 21.5 Å². The van der Waals surface area contributed by atoms with Crippen LogP contribution in [0.4, 0.5) is 0 Å². The highest BCUT2D eigenvalue weighted by atomic mass is 16.5. The Labute approximate surface area is 158 Å². The van der Waals surface area contributed by atoms with E-state index in [4.69, 9.17) is 11.2 Å². The molecule has 0 aliphatic rings. The van der Waals surface area contributed by atoms with Gasteiger partial charge in [0.15, 0.2) is 0 Å². The third-order valence-corrected chi connectivity index (χ3v) is 4.60. The number of benzene rings is 3. The zero-order valence-electron chi connectivity index (χ0n) is 15.2. The number of terminal acetylenes is 1. The van der Waals surface area contributed by atoms with Gasteiger partial charge in [-0.15, -0.1) is 12.3 Å². The Morgan fingerprint density at radius 1 is 1.07 bits per heavy atom. The smallest absolute Gasteiger partial charge is 0.328 e. The van der Waals surface area contributed by atoms with Gasteiger partial charge in [0, 0.05) is 6.42 Å². The van der Waals surface area contributed by atoms with E-state index in [9.17, 15) is 9.59 Å². The quantitative estimate of drug-likeness (QED) is 0.312. The van der Waals surface area contributed by atoms with Crippen LogP contribution >= 0.6 is 0 Å². The zero-order valence-corrected chi connectivity index (χ0v) is 15.2. The van der Waals surface area contributed by atoms with Gasteiger partial charge >= 0.3 is 5.97 Å². The predicted octanol–water partition coefficient (Wildman–Crippen LogP) is 4.07. The van der Waals surface area contributed by atoms with Crippen molar-refractivity contribution in [2.75, 3.05) is 7.11 Å². The molecule has 1 amide bonds. The summed E-state index contributed by atoms with van der Waals surface area (Å²) < 4.78 is 4.85. The third kappa shape index (κ3) is 3.93. The number of ether oxygens (including phenoxy) is 1. The second-order valence-electron chi connectivity index (χ2n) is 6.34. The Bertz CT molecular complexity index is 979. The topological polar surface area (TPSA) is 55.4 Å². The lowest BCUT2D eigenvalue weighted by molar-refractivity contribution is -0.143. The molecular weight excluding hydrogens is 338 g/mol. The maximum Gasteiger partial charge on any atom is 0.328 e. The average molecular weight is 359 g/mol. The number of unbranched alkanes of at least 4 members (excludes halogenated alkanes) is 1. The first kappa shape index (κ1) is 18.5. The van der Waals surface area contributed by atoms with E-state index >= 15 is 0 Å². The van der Waals surface area contributed by atoms with Crippen molar-refractivity contribution >= 4 is 33.4 Å². The standard InChI is InChI=1S/C23H21NO3/c1-3-4-5-14-20(23(26)27-2)24-22(25)21-18-12-8-6-10-16(18)15-17-11-7-9-13-19(17)21/h1,6-13,15,20H,4-5,14H2,2H3,(H,24,25)/t20-/m0/s1. The lowest BCUT2D eigenvalue weighted by Crippen LogP contribution is -2.41. The molecule has 0 unspecified atom stereocenters. The monoisotopic (exact) mass is 359 g/mol. The van der Waals surface area contributed by atoms with Gasteiger partial charge in [-0.1, -0.05) is 48.5 Å². The van der Waals surface area contributed by atoms with Gasteiger partial charge in [0.05, 0.1) is 12.7 Å². The minimum absolute atomic E-state index is 0.292. The molecular formula is C23H21NO3. The summed E-state index contributed by atoms with van der Waals surface area (Å²) in [5, 5.41) is 6.49. The molecule has 0 saturated carbocycles. The van der Waals surface area contributed by atoms with Crippen LogP contribution in [0.25, 0.3) is 21.5 Å². The molecule has 0 radical (unpaired) electrons. The number of hydrogen-bond acceptors (Lipinski definition) is 3. The van der Waals surface area contributed by atoms with Crippen LogP contribution in [-0.2, 0) is 9.53 Å². The summed E-state index contributed by atoms with van der Waals surface area (Å²) >= 11 is 0. The highest BCUT2D eigenvalue weighted by molar-refractivity contribution is 6.18. The second-order valence-corrected chi connectivity index (χ2v) is 6.34. The van der Waals surface area contributed by atoms with Crippen molar-refractivity contribution in [1.82, 2.24) is 5.32 Å². The van der Waals surface area contributed by atoms with Crippen molar-refractivity contribution in [3.63, 3.8) is 0 Å². The number of nitrogens with one attached hydrogen (secondary N) is 1. The van der Waals surface area contributed by atoms with Crippen LogP contribution in [0.2, 0.25) is 0 Å². The summed E-state index contributed by atoms with van der Waals surface area (Å²) in [5.41, 5.74) is 0.564. The molecule has 0 aliphatic heterocycles. The van der Waals surface area contributed by atoms with Crippen molar-refractivity contribution in [3.8, 4) is 12.3 Å². The lowest BCUT2D eigenvalue weighted by Gasteiger charge is -2.18. The highest BCUT2D eigenvalue weighted by Crippen LogP contribution is 2.28. The third-order valence-electron chi connectivity index (χ3n) is 4.60. The number of rotatable bonds is 6. The summed E-state index contributed by atoms with van der Waals surface area (Å²) in [4.78, 5) is 25.3. The molecule has 3 aromatic rings. The van der Waals surface area contributed by atoms with Crippen molar-refractivity contribution in [1.29, 1.82) is 0 Å². The molecule has 3 aromatic carbocycles. The van der Waals surface area contributed by atoms with Gasteiger partial charge in [-0.05, 0) is 40.5 Å². The van der Waals surface area contributed by atoms with Crippen LogP contribution in [0, 0.1) is 12.3 Å². The van der Waals surface area contributed by atoms with Gasteiger partial charge in [0.25, 0.3) is 5.91 Å². The van der Waals surface area contributed by atoms with E-state index in [2.05, 4.69) is 17.3 Å². The average Bonchev–Trinajstić information content (AvgIpc) is 2.70. The minimum Gasteiger partial charge on any atom is -0.467 e. The van der Waals surface area contributed by atoms with Crippen LogP contribution < -0.4 is 5.32 Å². The number of hydrogen-bond donors (Lipinski definition) is 1. The van der Waals surface area contributed by atoms with Gasteiger partial charge in [0.2, 0.25) is 0 Å². The summed E-state index contributed by atoms with van der Waals surface area (Å²) in [6.45, 7) is 0. The SMILES string of the molecule is C#CCCC[C@H](NC(=O)c1c2ccccc2cc2ccccc12)C(=O)OC. The maximum atomic E-state index is 13.2. The van der Waals surface area contributed by atoms with Crippen LogP contribution in [0.5, 0.6) is 0 Å². The first-order valence-corrected chi connectivity index (χ1v) is 8.88. The maximum absolute atomic E-state index is 13.2. The molecule has 4 heteroatoms. The van der Waals surface area contributed by atoms with Crippen LogP contribution in [-0.4, -0.2) is 25.0 Å². The minimum atomic E-state index is -0.728. The summed E-state index contributed by atoms with van der Waals surface area (Å²) in [6.07, 6.45) is 6.90. The molecule has 27 heavy (non-hydrogen) atoms. The van der Waals surface area contributed by atoms with Crippen molar-refractivity contribution in [2.24, 2.45) is 0 Å². The molecule has 4 nitrogen and oxygen atoms in total. The Kier molecular flexibility index (Phi) is 5.73. The van der Waals surface area contributed by atoms with E-state index < -0.39 is 12.0 Å². The zero-order chi connectivity index (χ0) is 19.2. The molecule has 3 rings (SSSR count). The van der Waals surface area contributed by atoms with Crippen LogP contribution in [0.3, 0.4) is 0 Å². The van der Waals surface area contributed by atoms with Gasteiger partial charge in [-0.3, -0.25) is 4.79 Å². The number of amides is 1. The van der Waals surface area contributed by atoms with Gasteiger partial charge in [0.1, 0.15) is 6.04 Å². The van der Waals surface area contributed by atoms with Crippen molar-refractivity contribution < 1.29 is 14.3 Å². The molecule has 0 bridgehead atoms. The number of carbonyl (C=O) groups excluding carboxylic acids is 2. The highest BCUT2D eigenvalue weighted by Gasteiger charge is 2.23. The van der Waals surface area contributed by atoms with Crippen molar-refractivity contribution in [2.45, 2.75) is 25.3 Å². The Morgan fingerprint density at radius 3 is 2.22 bits per heavy atom. The molecule has 1 atom stereocenters. The molecule has 136 valence electrons. The first-order chi connectivity index (χ1) is 13.2. The first-order valence-electron chi connectivity index (χ1n) is 8.88. The number of carbonyl (C=O) groups is 2. The van der Waals surface area contributed by atoms with E-state index in [0.29, 0.717) is 24.8 Å². The summed E-state index contributed by atoms with van der Waals surface area (Å²) in [6, 6.07) is 16.8. The van der Waals surface area contributed by atoms with E-state index in [1.165, 1.54) is 7.11 Å². The Balaban J connectivity index is 2.02. The number of esters is 1. The fourth-order valence-corrected chi connectivity index (χ4v) is 3.29. The van der Waals surface area contributed by atoms with Gasteiger partial charge < -0.3 is 10.1 Å². The predicted molar refractivity (Wildman–Crippen MR) is 107 cm³/mol. The molecule has 0 heterocycles. The molecule has 1 N–H and O–H groups in total. The molecule has 0 aliphatic carbocycles. The summed E-state index contributed by atoms with van der Waals surface area (Å²) in [7, 11) is 1.32. The van der Waals surface area contributed by atoms with E-state index in [1.54, 1.807) is 0 Å². The fourth-order valence-electron chi connectivity index (χ4n) is 3.29. The van der Waals surface area contributed by atoms with Gasteiger partial charge in [-0.25, -0.2) is 4.79 Å². The fraction of sp³-hybridized carbons (Fsp3) is 0.217. The molecule has 0 spiro atoms. The second kappa shape index (κ2) is 8.37. The molecule has 0 saturated heterocycles. The largest absolute Gasteiger partial charge is 0.467 e. The van der Waals surface area contributed by atoms with Gasteiger partial charge in [-0.2, -0.15) is 0 Å². The molecule has 0 fully saturated rings. The number of fused-ring (bicyclic) bond motifs is 2. The van der Waals surface area contributed by atoms with Crippen LogP contribution in [0.1, 0.15) is 29.6 Å². The number of methoxy groups -OCH3 is 1.